The third-order valence-corrected chi connectivity index (χ3v) is 6.22. The number of nitrogens with one attached hydrogen (secondary N) is 2. The molecule has 0 amide bonds. The minimum atomic E-state index is 0.0939. The molecule has 5 heteroatoms. The van der Waals surface area contributed by atoms with Crippen LogP contribution in [0.15, 0.2) is 91.0 Å². The van der Waals surface area contributed by atoms with Crippen LogP contribution in [0.1, 0.15) is 16.7 Å². The molecule has 0 spiro atoms. The summed E-state index contributed by atoms with van der Waals surface area (Å²) in [5, 5.41) is 9.64. The van der Waals surface area contributed by atoms with Crippen LogP contribution in [-0.4, -0.2) is 31.6 Å². The lowest BCUT2D eigenvalue weighted by atomic mass is 10.00. The van der Waals surface area contributed by atoms with Gasteiger partial charge in [0.1, 0.15) is 11.6 Å². The van der Waals surface area contributed by atoms with Gasteiger partial charge in [-0.05, 0) is 53.4 Å². The van der Waals surface area contributed by atoms with E-state index in [-0.39, 0.29) is 6.61 Å². The second-order valence-electron chi connectivity index (χ2n) is 8.55. The molecule has 0 fully saturated rings. The molecule has 0 saturated carbocycles. The molecule has 4 aromatic carbocycles. The number of aromatic nitrogens is 4. The highest BCUT2D eigenvalue weighted by Gasteiger charge is 2.08. The molecule has 6 aromatic rings. The van der Waals surface area contributed by atoms with E-state index >= 15 is 0 Å². The second-order valence-corrected chi connectivity index (χ2v) is 8.55. The molecule has 0 aliphatic heterocycles. The predicted molar refractivity (Wildman–Crippen MR) is 143 cm³/mol. The molecule has 2 heterocycles. The maximum atomic E-state index is 9.64. The lowest BCUT2D eigenvalue weighted by Gasteiger charge is -2.07. The topological polar surface area (TPSA) is 77.6 Å². The van der Waals surface area contributed by atoms with Crippen LogP contribution in [-0.2, 0) is 6.42 Å². The number of H-pyrrole nitrogens is 2. The number of nitrogens with zero attached hydrogens (tertiary/aromatic N) is 2. The highest BCUT2D eigenvalue weighted by atomic mass is 16.2. The van der Waals surface area contributed by atoms with Gasteiger partial charge in [0.2, 0.25) is 0 Å². The van der Waals surface area contributed by atoms with E-state index in [0.29, 0.717) is 6.42 Å². The van der Waals surface area contributed by atoms with Gasteiger partial charge in [0.15, 0.2) is 0 Å². The van der Waals surface area contributed by atoms with E-state index in [2.05, 4.69) is 69.6 Å². The first-order valence-corrected chi connectivity index (χ1v) is 11.7. The van der Waals surface area contributed by atoms with Crippen molar-refractivity contribution in [1.82, 2.24) is 19.9 Å². The number of aromatic amines is 2. The standard InChI is InChI=1S/C30H24N4O/c35-18-17-23-19-24(30-33-27-7-3-4-8-28(27)34-30)16-15-21(23)12-9-20-10-13-22(14-11-20)29-31-25-5-1-2-6-26(25)32-29/h1-16,19,35H,17-18H2,(H,31,32)(H,33,34). The van der Waals surface area contributed by atoms with Crippen LogP contribution < -0.4 is 0 Å². The van der Waals surface area contributed by atoms with Crippen LogP contribution in [0.5, 0.6) is 0 Å². The first-order valence-electron chi connectivity index (χ1n) is 11.7. The molecule has 5 nitrogen and oxygen atoms in total. The summed E-state index contributed by atoms with van der Waals surface area (Å²) < 4.78 is 0. The molecule has 170 valence electrons. The van der Waals surface area contributed by atoms with Gasteiger partial charge in [-0.1, -0.05) is 72.8 Å². The predicted octanol–water partition coefficient (Wildman–Crippen LogP) is 6.48. The zero-order valence-electron chi connectivity index (χ0n) is 19.1. The molecule has 0 bridgehead atoms. The van der Waals surface area contributed by atoms with Crippen LogP contribution in [0.3, 0.4) is 0 Å². The summed E-state index contributed by atoms with van der Waals surface area (Å²) in [5.74, 6) is 1.70. The highest BCUT2D eigenvalue weighted by molar-refractivity contribution is 5.81. The van der Waals surface area contributed by atoms with Gasteiger partial charge in [0, 0.05) is 17.7 Å². The normalized spacial score (nSPS) is 11.7. The van der Waals surface area contributed by atoms with E-state index < -0.39 is 0 Å². The van der Waals surface area contributed by atoms with Gasteiger partial charge in [-0.25, -0.2) is 9.97 Å². The molecule has 0 aliphatic carbocycles. The fourth-order valence-electron chi connectivity index (χ4n) is 4.37. The van der Waals surface area contributed by atoms with E-state index in [9.17, 15) is 5.11 Å². The SMILES string of the molecule is OCCc1cc(-c2nc3ccccc3[nH]2)ccc1C=Cc1ccc(-c2nc3ccccc3[nH]2)cc1. The smallest absolute Gasteiger partial charge is 0.138 e. The van der Waals surface area contributed by atoms with Gasteiger partial charge >= 0.3 is 0 Å². The zero-order valence-corrected chi connectivity index (χ0v) is 19.1. The molecule has 0 unspecified atom stereocenters. The Balaban J connectivity index is 1.25. The fraction of sp³-hybridized carbons (Fsp3) is 0.0667. The van der Waals surface area contributed by atoms with Crippen LogP contribution in [0.4, 0.5) is 0 Å². The minimum absolute atomic E-state index is 0.0939. The highest BCUT2D eigenvalue weighted by Crippen LogP contribution is 2.25. The number of fused-ring (bicyclic) bond motifs is 2. The third-order valence-electron chi connectivity index (χ3n) is 6.22. The monoisotopic (exact) mass is 456 g/mol. The Hall–Kier alpha value is -4.48. The Labute approximate surface area is 202 Å². The van der Waals surface area contributed by atoms with E-state index in [0.717, 1.165) is 61.5 Å². The zero-order chi connectivity index (χ0) is 23.6. The van der Waals surface area contributed by atoms with E-state index in [1.807, 2.05) is 48.5 Å². The van der Waals surface area contributed by atoms with Crippen molar-refractivity contribution in [2.75, 3.05) is 6.61 Å². The van der Waals surface area contributed by atoms with Gasteiger partial charge < -0.3 is 15.1 Å². The van der Waals surface area contributed by atoms with Crippen molar-refractivity contribution in [3.63, 3.8) is 0 Å². The summed E-state index contributed by atoms with van der Waals surface area (Å²) in [7, 11) is 0. The average Bonchev–Trinajstić information content (AvgIpc) is 3.53. The van der Waals surface area contributed by atoms with Crippen molar-refractivity contribution in [2.45, 2.75) is 6.42 Å². The first kappa shape index (κ1) is 21.1. The fourth-order valence-corrected chi connectivity index (χ4v) is 4.37. The van der Waals surface area contributed by atoms with Crippen molar-refractivity contribution in [1.29, 1.82) is 0 Å². The molecule has 35 heavy (non-hydrogen) atoms. The van der Waals surface area contributed by atoms with Gasteiger partial charge in [-0.2, -0.15) is 0 Å². The Morgan fingerprint density at radius 3 is 1.89 bits per heavy atom. The Bertz CT molecular complexity index is 1590. The summed E-state index contributed by atoms with van der Waals surface area (Å²) in [6.45, 7) is 0.0939. The molecule has 0 saturated heterocycles. The lowest BCUT2D eigenvalue weighted by molar-refractivity contribution is 0.299. The number of imidazole rings is 2. The van der Waals surface area contributed by atoms with Crippen LogP contribution in [0, 0.1) is 0 Å². The molecule has 0 radical (unpaired) electrons. The molecule has 0 atom stereocenters. The number of benzene rings is 4. The molecule has 6 rings (SSSR count). The number of aliphatic hydroxyl groups is 1. The number of para-hydroxylation sites is 4. The van der Waals surface area contributed by atoms with Gasteiger partial charge in [0.25, 0.3) is 0 Å². The third kappa shape index (κ3) is 4.25. The number of rotatable bonds is 6. The maximum absolute atomic E-state index is 9.64. The summed E-state index contributed by atoms with van der Waals surface area (Å²) in [6.07, 6.45) is 4.78. The van der Waals surface area contributed by atoms with Crippen molar-refractivity contribution >= 4 is 34.2 Å². The van der Waals surface area contributed by atoms with Crippen LogP contribution in [0.2, 0.25) is 0 Å². The van der Waals surface area contributed by atoms with Gasteiger partial charge in [0.05, 0.1) is 22.1 Å². The van der Waals surface area contributed by atoms with E-state index in [1.165, 1.54) is 0 Å². The Morgan fingerprint density at radius 2 is 1.26 bits per heavy atom. The summed E-state index contributed by atoms with van der Waals surface area (Å²) in [5.41, 5.74) is 9.29. The van der Waals surface area contributed by atoms with Crippen LogP contribution >= 0.6 is 0 Å². The number of hydrogen-bond acceptors (Lipinski definition) is 3. The number of hydrogen-bond donors (Lipinski definition) is 3. The van der Waals surface area contributed by atoms with Crippen molar-refractivity contribution < 1.29 is 5.11 Å². The molecular weight excluding hydrogens is 432 g/mol. The molecule has 2 aromatic heterocycles. The Morgan fingerprint density at radius 1 is 0.657 bits per heavy atom. The minimum Gasteiger partial charge on any atom is -0.396 e. The quantitative estimate of drug-likeness (QED) is 0.251. The number of aliphatic hydroxyl groups excluding tert-OH is 1. The largest absolute Gasteiger partial charge is 0.396 e. The van der Waals surface area contributed by atoms with Gasteiger partial charge in [-0.15, -0.1) is 0 Å². The summed E-state index contributed by atoms with van der Waals surface area (Å²) >= 11 is 0. The summed E-state index contributed by atoms with van der Waals surface area (Å²) in [4.78, 5) is 16.2. The lowest BCUT2D eigenvalue weighted by Crippen LogP contribution is -1.95. The maximum Gasteiger partial charge on any atom is 0.138 e. The second kappa shape index (κ2) is 9.05. The molecule has 3 N–H and O–H groups in total. The average molecular weight is 457 g/mol. The van der Waals surface area contributed by atoms with Crippen LogP contribution in [0.25, 0.3) is 57.0 Å². The van der Waals surface area contributed by atoms with E-state index in [4.69, 9.17) is 4.98 Å². The van der Waals surface area contributed by atoms with Crippen molar-refractivity contribution in [3.8, 4) is 22.8 Å². The Kier molecular flexibility index (Phi) is 5.45. The van der Waals surface area contributed by atoms with Crippen molar-refractivity contribution in [2.24, 2.45) is 0 Å². The molecule has 0 aliphatic rings. The van der Waals surface area contributed by atoms with E-state index in [1.54, 1.807) is 0 Å². The van der Waals surface area contributed by atoms with Crippen molar-refractivity contribution in [3.05, 3.63) is 108 Å². The summed E-state index contributed by atoms with van der Waals surface area (Å²) in [6, 6.07) is 30.7. The van der Waals surface area contributed by atoms with Gasteiger partial charge in [-0.3, -0.25) is 0 Å². The first-order chi connectivity index (χ1) is 17.3. The molecular formula is C30H24N4O.